The lowest BCUT2D eigenvalue weighted by molar-refractivity contribution is 0.100. The van der Waals surface area contributed by atoms with Crippen molar-refractivity contribution in [2.75, 3.05) is 0 Å². The van der Waals surface area contributed by atoms with Crippen LogP contribution in [0.4, 0.5) is 0 Å². The van der Waals surface area contributed by atoms with Gasteiger partial charge in [-0.25, -0.2) is 4.68 Å². The Morgan fingerprint density at radius 3 is 2.85 bits per heavy atom. The molecule has 1 atom stereocenters. The van der Waals surface area contributed by atoms with E-state index < -0.39 is 5.91 Å². The Morgan fingerprint density at radius 2 is 2.25 bits per heavy atom. The largest absolute Gasteiger partial charge is 0.366 e. The van der Waals surface area contributed by atoms with Crippen LogP contribution in [0.25, 0.3) is 5.69 Å². The molecule has 0 aliphatic rings. The van der Waals surface area contributed by atoms with Gasteiger partial charge in [-0.1, -0.05) is 30.7 Å². The van der Waals surface area contributed by atoms with Gasteiger partial charge in [0.15, 0.2) is 0 Å². The Balaban J connectivity index is 2.45. The average molecular weight is 293 g/mol. The van der Waals surface area contributed by atoms with Crippen molar-refractivity contribution < 1.29 is 4.79 Å². The van der Waals surface area contributed by atoms with E-state index >= 15 is 0 Å². The topological polar surface area (TPSA) is 86.9 Å². The SMILES string of the molecule is CCC(N)Cc1cccc(Cl)c1-n1cc(C(N)=O)cn1. The van der Waals surface area contributed by atoms with Crippen LogP contribution in [0.5, 0.6) is 0 Å². The van der Waals surface area contributed by atoms with Crippen LogP contribution in [-0.2, 0) is 6.42 Å². The van der Waals surface area contributed by atoms with E-state index in [0.717, 1.165) is 17.7 Å². The molecule has 4 N–H and O–H groups in total. The summed E-state index contributed by atoms with van der Waals surface area (Å²) < 4.78 is 1.57. The predicted molar refractivity (Wildman–Crippen MR) is 79.1 cm³/mol. The Bertz CT molecular complexity index is 623. The minimum atomic E-state index is -0.518. The Morgan fingerprint density at radius 1 is 1.50 bits per heavy atom. The number of hydrogen-bond acceptors (Lipinski definition) is 3. The minimum absolute atomic E-state index is 0.0541. The maximum atomic E-state index is 11.2. The number of amides is 1. The first kappa shape index (κ1) is 14.6. The van der Waals surface area contributed by atoms with Gasteiger partial charge in [0.1, 0.15) is 0 Å². The van der Waals surface area contributed by atoms with Crippen LogP contribution in [0.2, 0.25) is 5.02 Å². The monoisotopic (exact) mass is 292 g/mol. The van der Waals surface area contributed by atoms with Crippen LogP contribution in [0.3, 0.4) is 0 Å². The molecule has 2 aromatic rings. The van der Waals surface area contributed by atoms with Gasteiger partial charge < -0.3 is 11.5 Å². The molecule has 2 rings (SSSR count). The lowest BCUT2D eigenvalue weighted by Crippen LogP contribution is -2.22. The maximum absolute atomic E-state index is 11.2. The number of para-hydroxylation sites is 1. The number of halogens is 1. The molecule has 0 fully saturated rings. The van der Waals surface area contributed by atoms with Crippen molar-refractivity contribution in [2.24, 2.45) is 11.5 Å². The van der Waals surface area contributed by atoms with Crippen molar-refractivity contribution >= 4 is 17.5 Å². The van der Waals surface area contributed by atoms with Crippen molar-refractivity contribution in [3.63, 3.8) is 0 Å². The highest BCUT2D eigenvalue weighted by atomic mass is 35.5. The Kier molecular flexibility index (Phi) is 4.42. The molecule has 1 aromatic heterocycles. The van der Waals surface area contributed by atoms with Gasteiger partial charge >= 0.3 is 0 Å². The summed E-state index contributed by atoms with van der Waals surface area (Å²) in [5, 5.41) is 4.71. The summed E-state index contributed by atoms with van der Waals surface area (Å²) in [5.74, 6) is -0.518. The Labute approximate surface area is 122 Å². The standard InChI is InChI=1S/C14H17ClN4O/c1-2-11(16)6-9-4-3-5-12(15)13(9)19-8-10(7-18-19)14(17)20/h3-5,7-8,11H,2,6,16H2,1H3,(H2,17,20). The first-order valence-corrected chi connectivity index (χ1v) is 6.78. The van der Waals surface area contributed by atoms with E-state index in [4.69, 9.17) is 23.1 Å². The predicted octanol–water partition coefficient (Wildman–Crippen LogP) is 1.90. The molecule has 0 saturated heterocycles. The molecule has 1 unspecified atom stereocenters. The zero-order valence-electron chi connectivity index (χ0n) is 11.2. The van der Waals surface area contributed by atoms with E-state index in [1.807, 2.05) is 19.1 Å². The smallest absolute Gasteiger partial charge is 0.251 e. The average Bonchev–Trinajstić information content (AvgIpc) is 2.88. The lowest BCUT2D eigenvalue weighted by Gasteiger charge is -2.14. The van der Waals surface area contributed by atoms with Gasteiger partial charge in [-0.05, 0) is 24.5 Å². The molecule has 0 radical (unpaired) electrons. The van der Waals surface area contributed by atoms with Gasteiger partial charge in [0, 0.05) is 12.2 Å². The molecule has 106 valence electrons. The summed E-state index contributed by atoms with van der Waals surface area (Å²) in [7, 11) is 0. The normalized spacial score (nSPS) is 12.3. The van der Waals surface area contributed by atoms with Crippen molar-refractivity contribution in [3.8, 4) is 5.69 Å². The quantitative estimate of drug-likeness (QED) is 0.882. The van der Waals surface area contributed by atoms with Crippen LogP contribution < -0.4 is 11.5 Å². The second-order valence-corrected chi connectivity index (χ2v) is 5.07. The zero-order chi connectivity index (χ0) is 14.7. The summed E-state index contributed by atoms with van der Waals surface area (Å²) in [6.45, 7) is 2.04. The molecule has 0 aliphatic heterocycles. The third-order valence-electron chi connectivity index (χ3n) is 3.17. The summed E-state index contributed by atoms with van der Waals surface area (Å²) in [6.07, 6.45) is 4.56. The van der Waals surface area contributed by atoms with Crippen molar-refractivity contribution in [2.45, 2.75) is 25.8 Å². The van der Waals surface area contributed by atoms with Crippen molar-refractivity contribution in [1.29, 1.82) is 0 Å². The van der Waals surface area contributed by atoms with Crippen LogP contribution in [0.15, 0.2) is 30.6 Å². The maximum Gasteiger partial charge on any atom is 0.251 e. The summed E-state index contributed by atoms with van der Waals surface area (Å²) in [5.41, 5.74) is 13.3. The number of carbonyl (C=O) groups is 1. The highest BCUT2D eigenvalue weighted by molar-refractivity contribution is 6.32. The van der Waals surface area contributed by atoms with E-state index in [2.05, 4.69) is 5.10 Å². The number of hydrogen-bond donors (Lipinski definition) is 2. The number of aromatic nitrogens is 2. The Hall–Kier alpha value is -1.85. The summed E-state index contributed by atoms with van der Waals surface area (Å²) in [6, 6.07) is 5.67. The molecular weight excluding hydrogens is 276 g/mol. The first-order chi connectivity index (χ1) is 9.52. The molecule has 0 aliphatic carbocycles. The van der Waals surface area contributed by atoms with Crippen LogP contribution in [-0.4, -0.2) is 21.7 Å². The fraction of sp³-hybridized carbons (Fsp3) is 0.286. The molecule has 5 nitrogen and oxygen atoms in total. The molecule has 0 saturated carbocycles. The molecule has 1 amide bonds. The summed E-state index contributed by atoms with van der Waals surface area (Å²) >= 11 is 6.26. The molecule has 6 heteroatoms. The number of carbonyl (C=O) groups excluding carboxylic acids is 1. The first-order valence-electron chi connectivity index (χ1n) is 6.40. The highest BCUT2D eigenvalue weighted by Gasteiger charge is 2.14. The zero-order valence-corrected chi connectivity index (χ0v) is 12.0. The molecular formula is C14H17ClN4O. The third kappa shape index (κ3) is 3.00. The number of rotatable bonds is 5. The van der Waals surface area contributed by atoms with Gasteiger partial charge in [0.25, 0.3) is 5.91 Å². The number of nitrogens with two attached hydrogens (primary N) is 2. The van der Waals surface area contributed by atoms with E-state index in [0.29, 0.717) is 17.0 Å². The fourth-order valence-corrected chi connectivity index (χ4v) is 2.26. The van der Waals surface area contributed by atoms with E-state index in [-0.39, 0.29) is 6.04 Å². The van der Waals surface area contributed by atoms with Crippen molar-refractivity contribution in [1.82, 2.24) is 9.78 Å². The summed E-state index contributed by atoms with van der Waals surface area (Å²) in [4.78, 5) is 11.2. The molecule has 1 heterocycles. The number of benzene rings is 1. The van der Waals surface area contributed by atoms with Crippen LogP contribution >= 0.6 is 11.6 Å². The molecule has 0 bridgehead atoms. The minimum Gasteiger partial charge on any atom is -0.366 e. The molecule has 1 aromatic carbocycles. The van der Waals surface area contributed by atoms with E-state index in [1.54, 1.807) is 16.9 Å². The van der Waals surface area contributed by atoms with Crippen LogP contribution in [0.1, 0.15) is 29.3 Å². The lowest BCUT2D eigenvalue weighted by atomic mass is 10.0. The van der Waals surface area contributed by atoms with Gasteiger partial charge in [-0.15, -0.1) is 0 Å². The second-order valence-electron chi connectivity index (χ2n) is 4.66. The van der Waals surface area contributed by atoms with Gasteiger partial charge in [-0.2, -0.15) is 5.10 Å². The number of primary amides is 1. The second kappa shape index (κ2) is 6.07. The van der Waals surface area contributed by atoms with Gasteiger partial charge in [0.2, 0.25) is 0 Å². The molecule has 0 spiro atoms. The van der Waals surface area contributed by atoms with Crippen molar-refractivity contribution in [3.05, 3.63) is 46.7 Å². The molecule has 20 heavy (non-hydrogen) atoms. The number of nitrogens with zero attached hydrogens (tertiary/aromatic N) is 2. The van der Waals surface area contributed by atoms with E-state index in [9.17, 15) is 4.79 Å². The van der Waals surface area contributed by atoms with Gasteiger partial charge in [0.05, 0.1) is 22.5 Å². The van der Waals surface area contributed by atoms with Crippen LogP contribution in [0, 0.1) is 0 Å². The fourth-order valence-electron chi connectivity index (χ4n) is 1.98. The third-order valence-corrected chi connectivity index (χ3v) is 3.48. The van der Waals surface area contributed by atoms with E-state index in [1.165, 1.54) is 6.20 Å². The van der Waals surface area contributed by atoms with Gasteiger partial charge in [-0.3, -0.25) is 4.79 Å². The highest BCUT2D eigenvalue weighted by Crippen LogP contribution is 2.25.